The van der Waals surface area contributed by atoms with Gasteiger partial charge in [-0.2, -0.15) is 0 Å². The number of carboxylic acid groups (broad SMARTS) is 1. The highest BCUT2D eigenvalue weighted by Crippen LogP contribution is 2.35. The lowest BCUT2D eigenvalue weighted by atomic mass is 9.82. The molecule has 44 heavy (non-hydrogen) atoms. The standard InChI is InChI=1S/C34H42N2O8/c1-34(2,3)44-33(40)36(21-24-11-15-29-30(20-24)42-19-18-41-29)25-12-9-23(10-13-25)6-5-17-35-27-7-4-8-28(43-22-32(38)39)26(27)14-16-31(35)37/h4,7-8,11,14-16,20,23,25H,5-6,9-10,12-13,17-19,21-22H2,1-3H3,(H,38,39). The largest absolute Gasteiger partial charge is 0.486 e. The minimum Gasteiger partial charge on any atom is -0.486 e. The molecule has 0 atom stereocenters. The van der Waals surface area contributed by atoms with E-state index in [0.29, 0.717) is 49.1 Å². The van der Waals surface area contributed by atoms with Crippen molar-refractivity contribution in [1.82, 2.24) is 9.47 Å². The Balaban J connectivity index is 1.20. The number of aromatic nitrogens is 1. The number of carbonyl (C=O) groups excluding carboxylic acids is 1. The van der Waals surface area contributed by atoms with Crippen LogP contribution < -0.4 is 19.8 Å². The molecule has 10 heteroatoms. The fourth-order valence-electron chi connectivity index (χ4n) is 6.12. The third kappa shape index (κ3) is 7.84. The quantitative estimate of drug-likeness (QED) is 0.298. The van der Waals surface area contributed by atoms with E-state index in [4.69, 9.17) is 24.1 Å². The minimum absolute atomic E-state index is 0.0687. The van der Waals surface area contributed by atoms with Crippen LogP contribution in [0.3, 0.4) is 0 Å². The van der Waals surface area contributed by atoms with Gasteiger partial charge >= 0.3 is 12.1 Å². The van der Waals surface area contributed by atoms with Crippen LogP contribution in [0.2, 0.25) is 0 Å². The van der Waals surface area contributed by atoms with Crippen molar-refractivity contribution in [2.45, 2.75) is 84.0 Å². The average molecular weight is 607 g/mol. The van der Waals surface area contributed by atoms with E-state index in [9.17, 15) is 14.4 Å². The summed E-state index contributed by atoms with van der Waals surface area (Å²) < 4.78 is 24.4. The first-order valence-electron chi connectivity index (χ1n) is 15.4. The Hall–Kier alpha value is -4.21. The molecule has 10 nitrogen and oxygen atoms in total. The number of ether oxygens (including phenoxy) is 4. The van der Waals surface area contributed by atoms with Gasteiger partial charge in [-0.15, -0.1) is 0 Å². The van der Waals surface area contributed by atoms with E-state index in [1.54, 1.807) is 22.8 Å². The van der Waals surface area contributed by atoms with Gasteiger partial charge in [0.2, 0.25) is 0 Å². The van der Waals surface area contributed by atoms with Crippen molar-refractivity contribution < 1.29 is 33.6 Å². The second-order valence-corrected chi connectivity index (χ2v) is 12.6. The Morgan fingerprint density at radius 2 is 1.75 bits per heavy atom. The zero-order valence-electron chi connectivity index (χ0n) is 25.8. The van der Waals surface area contributed by atoms with Crippen molar-refractivity contribution >= 4 is 23.0 Å². The second kappa shape index (κ2) is 13.6. The van der Waals surface area contributed by atoms with Gasteiger partial charge in [-0.25, -0.2) is 9.59 Å². The molecule has 3 aromatic rings. The maximum Gasteiger partial charge on any atom is 0.410 e. The molecule has 1 saturated carbocycles. The van der Waals surface area contributed by atoms with Crippen LogP contribution in [-0.4, -0.2) is 58.1 Å². The van der Waals surface area contributed by atoms with Crippen molar-refractivity contribution in [3.63, 3.8) is 0 Å². The molecule has 1 fully saturated rings. The SMILES string of the molecule is CC(C)(C)OC(=O)N(Cc1ccc2c(c1)OCCO2)C1CCC(CCCn2c(=O)ccc3c(OCC(=O)O)cccc32)CC1. The molecule has 0 saturated heterocycles. The van der Waals surface area contributed by atoms with E-state index < -0.39 is 18.2 Å². The number of pyridine rings is 1. The molecule has 1 aliphatic heterocycles. The van der Waals surface area contributed by atoms with Gasteiger partial charge < -0.3 is 33.5 Å². The van der Waals surface area contributed by atoms with Gasteiger partial charge in [0, 0.05) is 30.6 Å². The van der Waals surface area contributed by atoms with E-state index >= 15 is 0 Å². The summed E-state index contributed by atoms with van der Waals surface area (Å²) in [6.45, 7) is 7.24. The number of benzene rings is 2. The number of aryl methyl sites for hydroxylation is 1. The summed E-state index contributed by atoms with van der Waals surface area (Å²) in [7, 11) is 0. The van der Waals surface area contributed by atoms with Crippen molar-refractivity contribution in [3.8, 4) is 17.2 Å². The molecule has 0 bridgehead atoms. The zero-order valence-corrected chi connectivity index (χ0v) is 25.8. The molecule has 1 N–H and O–H groups in total. The third-order valence-corrected chi connectivity index (χ3v) is 8.18. The lowest BCUT2D eigenvalue weighted by Crippen LogP contribution is -2.44. The topological polar surface area (TPSA) is 117 Å². The predicted molar refractivity (Wildman–Crippen MR) is 166 cm³/mol. The maximum absolute atomic E-state index is 13.4. The second-order valence-electron chi connectivity index (χ2n) is 12.6. The van der Waals surface area contributed by atoms with Gasteiger partial charge in [0.15, 0.2) is 18.1 Å². The first kappa shape index (κ1) is 31.2. The highest BCUT2D eigenvalue weighted by Gasteiger charge is 2.32. The van der Waals surface area contributed by atoms with Gasteiger partial charge in [-0.3, -0.25) is 4.79 Å². The molecular formula is C34H42N2O8. The van der Waals surface area contributed by atoms with Crippen LogP contribution in [0.4, 0.5) is 4.79 Å². The van der Waals surface area contributed by atoms with Crippen LogP contribution in [0.1, 0.15) is 64.9 Å². The maximum atomic E-state index is 13.4. The Morgan fingerprint density at radius 1 is 1.00 bits per heavy atom. The Morgan fingerprint density at radius 3 is 2.48 bits per heavy atom. The Kier molecular flexibility index (Phi) is 9.66. The lowest BCUT2D eigenvalue weighted by Gasteiger charge is -2.38. The number of hydrogen-bond acceptors (Lipinski definition) is 7. The van der Waals surface area contributed by atoms with Crippen LogP contribution in [0.25, 0.3) is 10.9 Å². The number of fused-ring (bicyclic) bond motifs is 2. The molecule has 2 aromatic carbocycles. The molecule has 0 unspecified atom stereocenters. The van der Waals surface area contributed by atoms with Crippen molar-refractivity contribution in [1.29, 1.82) is 0 Å². The van der Waals surface area contributed by atoms with E-state index in [-0.39, 0.29) is 17.7 Å². The van der Waals surface area contributed by atoms with E-state index in [1.807, 2.05) is 49.9 Å². The molecule has 236 valence electrons. The minimum atomic E-state index is -1.05. The van der Waals surface area contributed by atoms with E-state index in [1.165, 1.54) is 6.07 Å². The van der Waals surface area contributed by atoms with Crippen LogP contribution in [0, 0.1) is 5.92 Å². The fraction of sp³-hybridized carbons (Fsp3) is 0.500. The van der Waals surface area contributed by atoms with Gasteiger partial charge in [0.25, 0.3) is 5.56 Å². The van der Waals surface area contributed by atoms with Gasteiger partial charge in [-0.1, -0.05) is 12.1 Å². The number of amides is 1. The number of aliphatic carboxylic acids is 1. The van der Waals surface area contributed by atoms with Crippen LogP contribution in [0.5, 0.6) is 17.2 Å². The van der Waals surface area contributed by atoms with Crippen molar-refractivity contribution in [3.05, 3.63) is 64.4 Å². The summed E-state index contributed by atoms with van der Waals surface area (Å²) in [5, 5.41) is 9.71. The Labute approximate surface area is 257 Å². The summed E-state index contributed by atoms with van der Waals surface area (Å²) >= 11 is 0. The molecule has 0 spiro atoms. The third-order valence-electron chi connectivity index (χ3n) is 8.18. The number of nitrogens with zero attached hydrogens (tertiary/aromatic N) is 2. The summed E-state index contributed by atoms with van der Waals surface area (Å²) in [6, 6.07) is 14.5. The van der Waals surface area contributed by atoms with Gasteiger partial charge in [-0.05, 0) is 101 Å². The molecule has 1 aliphatic carbocycles. The van der Waals surface area contributed by atoms with Crippen LogP contribution in [0.15, 0.2) is 53.3 Å². The zero-order chi connectivity index (χ0) is 31.3. The summed E-state index contributed by atoms with van der Waals surface area (Å²) in [4.78, 5) is 39.0. The number of carboxylic acids is 1. The molecule has 2 heterocycles. The van der Waals surface area contributed by atoms with E-state index in [2.05, 4.69) is 0 Å². The molecule has 2 aliphatic rings. The smallest absolute Gasteiger partial charge is 0.410 e. The van der Waals surface area contributed by atoms with Crippen LogP contribution in [-0.2, 0) is 22.6 Å². The van der Waals surface area contributed by atoms with Crippen LogP contribution >= 0.6 is 0 Å². The number of carbonyl (C=O) groups is 2. The Bertz CT molecular complexity index is 1530. The normalized spacial score (nSPS) is 18.1. The molecule has 0 radical (unpaired) electrons. The molecule has 1 amide bonds. The van der Waals surface area contributed by atoms with Crippen molar-refractivity contribution in [2.75, 3.05) is 19.8 Å². The molecular weight excluding hydrogens is 564 g/mol. The molecule has 5 rings (SSSR count). The van der Waals surface area contributed by atoms with E-state index in [0.717, 1.165) is 55.4 Å². The lowest BCUT2D eigenvalue weighted by molar-refractivity contribution is -0.139. The van der Waals surface area contributed by atoms with Gasteiger partial charge in [0.1, 0.15) is 24.6 Å². The monoisotopic (exact) mass is 606 g/mol. The van der Waals surface area contributed by atoms with Gasteiger partial charge in [0.05, 0.1) is 5.52 Å². The predicted octanol–water partition coefficient (Wildman–Crippen LogP) is 6.01. The average Bonchev–Trinajstić information content (AvgIpc) is 2.99. The summed E-state index contributed by atoms with van der Waals surface area (Å²) in [6.07, 6.45) is 5.24. The van der Waals surface area contributed by atoms with Crippen molar-refractivity contribution in [2.24, 2.45) is 5.92 Å². The molecule has 1 aromatic heterocycles. The highest BCUT2D eigenvalue weighted by molar-refractivity contribution is 5.85. The summed E-state index contributed by atoms with van der Waals surface area (Å²) in [5.41, 5.74) is 1.02. The highest BCUT2D eigenvalue weighted by atomic mass is 16.6. The first-order valence-corrected chi connectivity index (χ1v) is 15.4. The first-order chi connectivity index (χ1) is 21.1. The number of rotatable bonds is 10. The summed E-state index contributed by atoms with van der Waals surface area (Å²) in [5.74, 6) is 1.32. The number of hydrogen-bond donors (Lipinski definition) is 1. The fourth-order valence-corrected chi connectivity index (χ4v) is 6.12.